The summed E-state index contributed by atoms with van der Waals surface area (Å²) in [5.41, 5.74) is 0. The first-order valence-corrected chi connectivity index (χ1v) is 3.42. The highest BCUT2D eigenvalue weighted by atomic mass is 16.4. The summed E-state index contributed by atoms with van der Waals surface area (Å²) < 4.78 is 0. The standard InChI is InChI=1S/C5H12O.C2H4O2/c1-3-5(6)4-2;1-2(3)4/h5-6H,3-4H2,1-2H3;1H3,(H,3,4). The lowest BCUT2D eigenvalue weighted by Crippen LogP contribution is -1.99. The predicted octanol–water partition coefficient (Wildman–Crippen LogP) is 1.26. The molecule has 10 heavy (non-hydrogen) atoms. The molecule has 0 spiro atoms. The summed E-state index contributed by atoms with van der Waals surface area (Å²) in [4.78, 5) is 9.00. The molecule has 0 bridgehead atoms. The lowest BCUT2D eigenvalue weighted by atomic mass is 10.2. The van der Waals surface area contributed by atoms with Crippen LogP contribution in [0.25, 0.3) is 0 Å². The van der Waals surface area contributed by atoms with Crippen molar-refractivity contribution in [3.8, 4) is 0 Å². The van der Waals surface area contributed by atoms with Gasteiger partial charge in [0.25, 0.3) is 5.97 Å². The zero-order chi connectivity index (χ0) is 8.57. The molecule has 0 radical (unpaired) electrons. The zero-order valence-electron chi connectivity index (χ0n) is 6.79. The molecule has 0 saturated heterocycles. The van der Waals surface area contributed by atoms with E-state index >= 15 is 0 Å². The summed E-state index contributed by atoms with van der Waals surface area (Å²) in [5.74, 6) is -0.833. The molecule has 62 valence electrons. The molecule has 0 atom stereocenters. The van der Waals surface area contributed by atoms with Crippen LogP contribution in [0.4, 0.5) is 0 Å². The molecule has 0 saturated carbocycles. The Kier molecular flexibility index (Phi) is 10.2. The van der Waals surface area contributed by atoms with Crippen LogP contribution >= 0.6 is 0 Å². The summed E-state index contributed by atoms with van der Waals surface area (Å²) in [6.07, 6.45) is 1.71. The van der Waals surface area contributed by atoms with Gasteiger partial charge >= 0.3 is 0 Å². The highest BCUT2D eigenvalue weighted by Gasteiger charge is 1.90. The Morgan fingerprint density at radius 3 is 1.60 bits per heavy atom. The Labute approximate surface area is 61.7 Å². The fourth-order valence-electron chi connectivity index (χ4n) is 0.289. The summed E-state index contributed by atoms with van der Waals surface area (Å²) in [7, 11) is 0. The first-order valence-electron chi connectivity index (χ1n) is 3.42. The van der Waals surface area contributed by atoms with E-state index in [9.17, 15) is 0 Å². The minimum Gasteiger partial charge on any atom is -0.481 e. The first-order chi connectivity index (χ1) is 4.54. The average molecular weight is 148 g/mol. The molecular formula is C7H16O3. The topological polar surface area (TPSA) is 57.5 Å². The second-order valence-electron chi connectivity index (χ2n) is 1.99. The van der Waals surface area contributed by atoms with Gasteiger partial charge in [0.2, 0.25) is 0 Å². The number of carboxylic acid groups (broad SMARTS) is 1. The van der Waals surface area contributed by atoms with Crippen LogP contribution in [-0.2, 0) is 4.79 Å². The quantitative estimate of drug-likeness (QED) is 0.619. The number of hydrogen-bond donors (Lipinski definition) is 2. The Morgan fingerprint density at radius 2 is 1.60 bits per heavy atom. The molecule has 3 nitrogen and oxygen atoms in total. The summed E-state index contributed by atoms with van der Waals surface area (Å²) in [6, 6.07) is 0. The van der Waals surface area contributed by atoms with E-state index in [4.69, 9.17) is 15.0 Å². The van der Waals surface area contributed by atoms with Gasteiger partial charge in [-0.3, -0.25) is 4.79 Å². The van der Waals surface area contributed by atoms with Gasteiger partial charge in [0, 0.05) is 6.92 Å². The van der Waals surface area contributed by atoms with E-state index in [0.29, 0.717) is 0 Å². The fraction of sp³-hybridized carbons (Fsp3) is 0.857. The number of aliphatic hydroxyl groups is 1. The predicted molar refractivity (Wildman–Crippen MR) is 39.9 cm³/mol. The van der Waals surface area contributed by atoms with E-state index < -0.39 is 5.97 Å². The van der Waals surface area contributed by atoms with Crippen LogP contribution in [0.1, 0.15) is 33.6 Å². The molecule has 0 aliphatic heterocycles. The normalized spacial score (nSPS) is 8.50. The smallest absolute Gasteiger partial charge is 0.300 e. The third-order valence-electron chi connectivity index (χ3n) is 0.942. The molecule has 0 heterocycles. The van der Waals surface area contributed by atoms with Crippen molar-refractivity contribution in [1.29, 1.82) is 0 Å². The number of rotatable bonds is 2. The lowest BCUT2D eigenvalue weighted by molar-refractivity contribution is -0.134. The largest absolute Gasteiger partial charge is 0.481 e. The van der Waals surface area contributed by atoms with Gasteiger partial charge in [-0.1, -0.05) is 13.8 Å². The van der Waals surface area contributed by atoms with Gasteiger partial charge in [-0.05, 0) is 12.8 Å². The number of carboxylic acids is 1. The SMILES string of the molecule is CC(=O)O.CCC(O)CC. The van der Waals surface area contributed by atoms with Crippen molar-refractivity contribution in [1.82, 2.24) is 0 Å². The molecule has 0 unspecified atom stereocenters. The molecule has 0 aromatic carbocycles. The summed E-state index contributed by atoms with van der Waals surface area (Å²) in [6.45, 7) is 5.04. The third-order valence-corrected chi connectivity index (χ3v) is 0.942. The van der Waals surface area contributed by atoms with Crippen LogP contribution in [-0.4, -0.2) is 22.3 Å². The van der Waals surface area contributed by atoms with Gasteiger partial charge in [0.1, 0.15) is 0 Å². The molecule has 0 rings (SSSR count). The van der Waals surface area contributed by atoms with Crippen LogP contribution in [0.3, 0.4) is 0 Å². The molecule has 0 aromatic heterocycles. The van der Waals surface area contributed by atoms with Gasteiger partial charge in [-0.25, -0.2) is 0 Å². The molecule has 3 heteroatoms. The van der Waals surface area contributed by atoms with E-state index in [-0.39, 0.29) is 6.10 Å². The zero-order valence-corrected chi connectivity index (χ0v) is 6.79. The monoisotopic (exact) mass is 148 g/mol. The minimum atomic E-state index is -0.833. The Balaban J connectivity index is 0. The lowest BCUT2D eigenvalue weighted by Gasteiger charge is -1.98. The van der Waals surface area contributed by atoms with E-state index in [2.05, 4.69) is 0 Å². The van der Waals surface area contributed by atoms with Gasteiger partial charge in [0.15, 0.2) is 0 Å². The maximum absolute atomic E-state index is 9.00. The van der Waals surface area contributed by atoms with Crippen molar-refractivity contribution in [2.75, 3.05) is 0 Å². The van der Waals surface area contributed by atoms with Crippen LogP contribution in [0, 0.1) is 0 Å². The van der Waals surface area contributed by atoms with Crippen LogP contribution in [0.15, 0.2) is 0 Å². The van der Waals surface area contributed by atoms with E-state index in [1.54, 1.807) is 0 Å². The van der Waals surface area contributed by atoms with E-state index in [1.807, 2.05) is 13.8 Å². The molecular weight excluding hydrogens is 132 g/mol. The summed E-state index contributed by atoms with van der Waals surface area (Å²) >= 11 is 0. The van der Waals surface area contributed by atoms with Crippen molar-refractivity contribution in [3.05, 3.63) is 0 Å². The van der Waals surface area contributed by atoms with Crippen LogP contribution < -0.4 is 0 Å². The molecule has 0 amide bonds. The van der Waals surface area contributed by atoms with Crippen LogP contribution in [0.2, 0.25) is 0 Å². The Morgan fingerprint density at radius 1 is 1.40 bits per heavy atom. The molecule has 0 aliphatic rings. The second kappa shape index (κ2) is 8.43. The first kappa shape index (κ1) is 12.1. The molecule has 0 aromatic rings. The Bertz CT molecular complexity index is 72.9. The van der Waals surface area contributed by atoms with Crippen molar-refractivity contribution in [2.24, 2.45) is 0 Å². The molecule has 0 aliphatic carbocycles. The number of carbonyl (C=O) groups is 1. The van der Waals surface area contributed by atoms with E-state index in [0.717, 1.165) is 19.8 Å². The van der Waals surface area contributed by atoms with Crippen LogP contribution in [0.5, 0.6) is 0 Å². The fourth-order valence-corrected chi connectivity index (χ4v) is 0.289. The summed E-state index contributed by atoms with van der Waals surface area (Å²) in [5, 5.41) is 16.1. The van der Waals surface area contributed by atoms with Crippen molar-refractivity contribution < 1.29 is 15.0 Å². The van der Waals surface area contributed by atoms with Gasteiger partial charge in [0.05, 0.1) is 6.10 Å². The average Bonchev–Trinajstić information content (AvgIpc) is 1.85. The number of aliphatic carboxylic acids is 1. The van der Waals surface area contributed by atoms with Gasteiger partial charge in [-0.2, -0.15) is 0 Å². The van der Waals surface area contributed by atoms with Crippen molar-refractivity contribution in [3.63, 3.8) is 0 Å². The van der Waals surface area contributed by atoms with Gasteiger partial charge in [-0.15, -0.1) is 0 Å². The number of hydrogen-bond acceptors (Lipinski definition) is 2. The molecule has 0 fully saturated rings. The highest BCUT2D eigenvalue weighted by Crippen LogP contribution is 1.91. The Hall–Kier alpha value is -0.570. The maximum atomic E-state index is 9.00. The molecule has 2 N–H and O–H groups in total. The number of aliphatic hydroxyl groups excluding tert-OH is 1. The third kappa shape index (κ3) is 26.1. The minimum absolute atomic E-state index is 0.0648. The van der Waals surface area contributed by atoms with E-state index in [1.165, 1.54) is 0 Å². The second-order valence-corrected chi connectivity index (χ2v) is 1.99. The van der Waals surface area contributed by atoms with Crippen molar-refractivity contribution >= 4 is 5.97 Å². The van der Waals surface area contributed by atoms with Crippen molar-refractivity contribution in [2.45, 2.75) is 39.7 Å². The highest BCUT2D eigenvalue weighted by molar-refractivity contribution is 5.62. The maximum Gasteiger partial charge on any atom is 0.300 e. The van der Waals surface area contributed by atoms with Gasteiger partial charge < -0.3 is 10.2 Å².